The predicted octanol–water partition coefficient (Wildman–Crippen LogP) is 3.64. The van der Waals surface area contributed by atoms with E-state index in [2.05, 4.69) is 21.2 Å². The van der Waals surface area contributed by atoms with Gasteiger partial charge in [-0.25, -0.2) is 0 Å². The fraction of sp³-hybridized carbons (Fsp3) is 0.316. The first-order valence-corrected chi connectivity index (χ1v) is 8.41. The third kappa shape index (κ3) is 2.66. The van der Waals surface area contributed by atoms with E-state index >= 15 is 0 Å². The Balaban J connectivity index is 1.56. The van der Waals surface area contributed by atoms with Crippen molar-refractivity contribution in [2.75, 3.05) is 7.05 Å². The highest BCUT2D eigenvalue weighted by Crippen LogP contribution is 2.24. The van der Waals surface area contributed by atoms with Crippen LogP contribution in [0.2, 0.25) is 0 Å². The molecule has 5 heteroatoms. The molecular formula is C19H20N4O. The Kier molecular flexibility index (Phi) is 3.76. The van der Waals surface area contributed by atoms with Crippen LogP contribution in [-0.4, -0.2) is 39.1 Å². The molecule has 1 aromatic carbocycles. The Hall–Kier alpha value is -2.69. The molecule has 3 aromatic rings. The molecule has 0 aliphatic heterocycles. The number of nitrogens with zero attached hydrogens (tertiary/aromatic N) is 3. The molecule has 1 fully saturated rings. The lowest BCUT2D eigenvalue weighted by atomic mass is 10.1. The van der Waals surface area contributed by atoms with Gasteiger partial charge in [-0.2, -0.15) is 0 Å². The highest BCUT2D eigenvalue weighted by Gasteiger charge is 2.25. The lowest BCUT2D eigenvalue weighted by molar-refractivity contribution is 0.0728. The van der Waals surface area contributed by atoms with Gasteiger partial charge in [0.05, 0.1) is 5.69 Å². The van der Waals surface area contributed by atoms with Crippen molar-refractivity contribution in [2.24, 2.45) is 0 Å². The molecule has 5 nitrogen and oxygen atoms in total. The lowest BCUT2D eigenvalue weighted by Crippen LogP contribution is -2.35. The second kappa shape index (κ2) is 6.07. The summed E-state index contributed by atoms with van der Waals surface area (Å²) in [7, 11) is 1.87. The van der Waals surface area contributed by atoms with Crippen LogP contribution in [0.1, 0.15) is 36.2 Å². The molecule has 1 aliphatic rings. The van der Waals surface area contributed by atoms with Gasteiger partial charge in [0, 0.05) is 35.8 Å². The third-order valence-electron chi connectivity index (χ3n) is 4.93. The summed E-state index contributed by atoms with van der Waals surface area (Å²) in [6, 6.07) is 12.1. The van der Waals surface area contributed by atoms with Gasteiger partial charge >= 0.3 is 0 Å². The monoisotopic (exact) mass is 320 g/mol. The predicted molar refractivity (Wildman–Crippen MR) is 93.7 cm³/mol. The number of aromatic nitrogens is 3. The van der Waals surface area contributed by atoms with Crippen molar-refractivity contribution in [3.63, 3.8) is 0 Å². The zero-order valence-corrected chi connectivity index (χ0v) is 13.7. The maximum absolute atomic E-state index is 12.5. The average molecular weight is 320 g/mol. The molecule has 24 heavy (non-hydrogen) atoms. The van der Waals surface area contributed by atoms with Crippen molar-refractivity contribution in [3.8, 4) is 11.3 Å². The number of hydrogen-bond acceptors (Lipinski definition) is 3. The molecule has 0 spiro atoms. The van der Waals surface area contributed by atoms with E-state index in [4.69, 9.17) is 0 Å². The molecule has 1 saturated carbocycles. The maximum Gasteiger partial charge on any atom is 0.274 e. The van der Waals surface area contributed by atoms with Crippen LogP contribution in [0, 0.1) is 0 Å². The summed E-state index contributed by atoms with van der Waals surface area (Å²) in [5.41, 5.74) is 3.28. The number of carbonyl (C=O) groups is 1. The van der Waals surface area contributed by atoms with Crippen molar-refractivity contribution in [1.82, 2.24) is 20.1 Å². The maximum atomic E-state index is 12.5. The molecule has 0 atom stereocenters. The van der Waals surface area contributed by atoms with E-state index in [-0.39, 0.29) is 5.91 Å². The third-order valence-corrected chi connectivity index (χ3v) is 4.93. The molecule has 0 unspecified atom stereocenters. The fourth-order valence-electron chi connectivity index (χ4n) is 3.45. The van der Waals surface area contributed by atoms with Gasteiger partial charge in [-0.05, 0) is 43.2 Å². The first-order valence-electron chi connectivity index (χ1n) is 8.41. The summed E-state index contributed by atoms with van der Waals surface area (Å²) < 4.78 is 0. The summed E-state index contributed by atoms with van der Waals surface area (Å²) in [5.74, 6) is -0.0398. The number of benzene rings is 1. The van der Waals surface area contributed by atoms with E-state index in [1.165, 1.54) is 12.8 Å². The molecule has 0 bridgehead atoms. The van der Waals surface area contributed by atoms with E-state index in [9.17, 15) is 4.79 Å². The Morgan fingerprint density at radius 1 is 1.12 bits per heavy atom. The number of aromatic amines is 1. The summed E-state index contributed by atoms with van der Waals surface area (Å²) >= 11 is 0. The minimum atomic E-state index is -0.0398. The van der Waals surface area contributed by atoms with Crippen LogP contribution in [0.4, 0.5) is 0 Å². The standard InChI is InChI=1S/C19H20N4O/c1-23(15-4-2-3-5-15)19(24)18-9-8-17(21-22-18)13-6-7-16-14(12-13)10-11-20-16/h6-12,15,20H,2-5H2,1H3. The van der Waals surface area contributed by atoms with Crippen LogP contribution in [0.5, 0.6) is 0 Å². The molecule has 1 amide bonds. The van der Waals surface area contributed by atoms with Crippen molar-refractivity contribution in [2.45, 2.75) is 31.7 Å². The van der Waals surface area contributed by atoms with Gasteiger partial charge in [-0.3, -0.25) is 4.79 Å². The molecule has 1 aliphatic carbocycles. The Labute approximate surface area is 140 Å². The van der Waals surface area contributed by atoms with Crippen molar-refractivity contribution in [3.05, 3.63) is 48.3 Å². The first-order chi connectivity index (χ1) is 11.7. The Bertz CT molecular complexity index is 862. The highest BCUT2D eigenvalue weighted by molar-refractivity contribution is 5.92. The number of nitrogens with one attached hydrogen (secondary N) is 1. The minimum absolute atomic E-state index is 0.0398. The van der Waals surface area contributed by atoms with Crippen LogP contribution in [-0.2, 0) is 0 Å². The molecule has 0 saturated heterocycles. The molecule has 4 rings (SSSR count). The number of hydrogen-bond donors (Lipinski definition) is 1. The van der Waals surface area contributed by atoms with E-state index in [0.29, 0.717) is 11.7 Å². The van der Waals surface area contributed by atoms with Gasteiger partial charge in [-0.15, -0.1) is 10.2 Å². The molecular weight excluding hydrogens is 300 g/mol. The summed E-state index contributed by atoms with van der Waals surface area (Å²) in [6.45, 7) is 0. The summed E-state index contributed by atoms with van der Waals surface area (Å²) in [4.78, 5) is 17.5. The van der Waals surface area contributed by atoms with Gasteiger partial charge in [0.15, 0.2) is 5.69 Å². The Morgan fingerprint density at radius 2 is 1.96 bits per heavy atom. The lowest BCUT2D eigenvalue weighted by Gasteiger charge is -2.23. The number of H-pyrrole nitrogens is 1. The quantitative estimate of drug-likeness (QED) is 0.801. The number of rotatable bonds is 3. The van der Waals surface area contributed by atoms with Crippen molar-refractivity contribution >= 4 is 16.8 Å². The van der Waals surface area contributed by atoms with Crippen molar-refractivity contribution in [1.29, 1.82) is 0 Å². The van der Waals surface area contributed by atoms with Gasteiger partial charge in [0.1, 0.15) is 0 Å². The molecule has 1 N–H and O–H groups in total. The van der Waals surface area contributed by atoms with Gasteiger partial charge < -0.3 is 9.88 Å². The SMILES string of the molecule is CN(C(=O)c1ccc(-c2ccc3[nH]ccc3c2)nn1)C1CCCC1. The zero-order valence-electron chi connectivity index (χ0n) is 13.7. The normalized spacial score (nSPS) is 15.0. The van der Waals surface area contributed by atoms with Gasteiger partial charge in [0.25, 0.3) is 5.91 Å². The highest BCUT2D eigenvalue weighted by atomic mass is 16.2. The van der Waals surface area contributed by atoms with Crippen molar-refractivity contribution < 1.29 is 4.79 Å². The van der Waals surface area contributed by atoms with Gasteiger partial charge in [-0.1, -0.05) is 18.9 Å². The molecule has 2 heterocycles. The van der Waals surface area contributed by atoms with Crippen LogP contribution in [0.3, 0.4) is 0 Å². The number of amides is 1. The summed E-state index contributed by atoms with van der Waals surface area (Å²) in [5, 5.41) is 9.56. The molecule has 0 radical (unpaired) electrons. The summed E-state index contributed by atoms with van der Waals surface area (Å²) in [6.07, 6.45) is 6.50. The second-order valence-corrected chi connectivity index (χ2v) is 6.44. The number of fused-ring (bicyclic) bond motifs is 1. The molecule has 2 aromatic heterocycles. The van der Waals surface area contributed by atoms with E-state index in [0.717, 1.165) is 35.0 Å². The van der Waals surface area contributed by atoms with Crippen LogP contribution in [0.15, 0.2) is 42.6 Å². The van der Waals surface area contributed by atoms with E-state index in [1.54, 1.807) is 6.07 Å². The smallest absolute Gasteiger partial charge is 0.274 e. The largest absolute Gasteiger partial charge is 0.361 e. The molecule has 122 valence electrons. The topological polar surface area (TPSA) is 61.9 Å². The first kappa shape index (κ1) is 14.9. The zero-order chi connectivity index (χ0) is 16.5. The minimum Gasteiger partial charge on any atom is -0.361 e. The van der Waals surface area contributed by atoms with E-state index < -0.39 is 0 Å². The van der Waals surface area contributed by atoms with Gasteiger partial charge in [0.2, 0.25) is 0 Å². The van der Waals surface area contributed by atoms with Crippen LogP contribution in [0.25, 0.3) is 22.2 Å². The number of carbonyl (C=O) groups excluding carboxylic acids is 1. The average Bonchev–Trinajstić information content (AvgIpc) is 3.31. The fourth-order valence-corrected chi connectivity index (χ4v) is 3.45. The van der Waals surface area contributed by atoms with Crippen LogP contribution < -0.4 is 0 Å². The second-order valence-electron chi connectivity index (χ2n) is 6.44. The van der Waals surface area contributed by atoms with Crippen LogP contribution >= 0.6 is 0 Å². The Morgan fingerprint density at radius 3 is 2.71 bits per heavy atom. The van der Waals surface area contributed by atoms with E-state index in [1.807, 2.05) is 42.4 Å².